The van der Waals surface area contributed by atoms with Crippen LogP contribution in [0, 0.1) is 18.8 Å². The van der Waals surface area contributed by atoms with Crippen molar-refractivity contribution >= 4 is 28.8 Å². The lowest BCUT2D eigenvalue weighted by atomic mass is 10.0. The molecule has 206 valence electrons. The molecule has 1 N–H and O–H groups in total. The van der Waals surface area contributed by atoms with Crippen molar-refractivity contribution < 1.29 is 18.0 Å². The van der Waals surface area contributed by atoms with Crippen molar-refractivity contribution in [2.24, 2.45) is 0 Å². The summed E-state index contributed by atoms with van der Waals surface area (Å²) in [7, 11) is 1.99. The van der Waals surface area contributed by atoms with Crippen LogP contribution >= 0.6 is 11.6 Å². The third kappa shape index (κ3) is 6.28. The largest absolute Gasteiger partial charge is 0.416 e. The zero-order valence-electron chi connectivity index (χ0n) is 21.9. The Morgan fingerprint density at radius 2 is 1.80 bits per heavy atom. The second-order valence-electron chi connectivity index (χ2n) is 9.78. The van der Waals surface area contributed by atoms with E-state index in [1.165, 1.54) is 12.1 Å². The van der Waals surface area contributed by atoms with Gasteiger partial charge < -0.3 is 10.2 Å². The lowest BCUT2D eigenvalue weighted by Gasteiger charge is -2.33. The molecule has 0 radical (unpaired) electrons. The number of rotatable bonds is 4. The fourth-order valence-electron chi connectivity index (χ4n) is 4.48. The number of hydrogen-bond acceptors (Lipinski definition) is 5. The average molecular weight is 567 g/mol. The summed E-state index contributed by atoms with van der Waals surface area (Å²) in [5, 5.41) is 11.4. The number of carbonyl (C=O) groups excluding carboxylic acids is 1. The van der Waals surface area contributed by atoms with Gasteiger partial charge in [-0.25, -0.2) is 0 Å². The topological polar surface area (TPSA) is 65.8 Å². The Bertz CT molecular complexity index is 1630. The molecule has 4 aromatic rings. The van der Waals surface area contributed by atoms with Crippen LogP contribution in [-0.4, -0.2) is 63.5 Å². The number of alkyl halides is 3. The first kappa shape index (κ1) is 27.6. The van der Waals surface area contributed by atoms with E-state index in [1.807, 2.05) is 18.9 Å². The Hall–Kier alpha value is -3.91. The summed E-state index contributed by atoms with van der Waals surface area (Å²) in [6.45, 7) is 5.02. The van der Waals surface area contributed by atoms with Crippen LogP contribution < -0.4 is 5.32 Å². The zero-order valence-corrected chi connectivity index (χ0v) is 22.6. The number of aromatic nitrogens is 3. The van der Waals surface area contributed by atoms with Crippen molar-refractivity contribution in [3.8, 4) is 11.8 Å². The number of anilines is 1. The quantitative estimate of drug-likeness (QED) is 0.348. The highest BCUT2D eigenvalue weighted by atomic mass is 35.5. The second-order valence-corrected chi connectivity index (χ2v) is 10.2. The first-order valence-electron chi connectivity index (χ1n) is 12.6. The predicted molar refractivity (Wildman–Crippen MR) is 147 cm³/mol. The van der Waals surface area contributed by atoms with Gasteiger partial charge in [-0.1, -0.05) is 29.7 Å². The molecular weight excluding hydrogens is 541 g/mol. The molecule has 1 aliphatic rings. The summed E-state index contributed by atoms with van der Waals surface area (Å²) < 4.78 is 43.6. The molecule has 0 spiro atoms. The van der Waals surface area contributed by atoms with Crippen LogP contribution in [0.3, 0.4) is 0 Å². The van der Waals surface area contributed by atoms with E-state index in [0.29, 0.717) is 40.8 Å². The molecule has 5 rings (SSSR count). The molecule has 0 aliphatic carbocycles. The van der Waals surface area contributed by atoms with Gasteiger partial charge in [0.2, 0.25) is 5.82 Å². The van der Waals surface area contributed by atoms with Gasteiger partial charge in [-0.3, -0.25) is 14.1 Å². The van der Waals surface area contributed by atoms with Gasteiger partial charge in [-0.15, -0.1) is 10.2 Å². The van der Waals surface area contributed by atoms with E-state index < -0.39 is 17.6 Å². The highest BCUT2D eigenvalue weighted by Crippen LogP contribution is 2.34. The highest BCUT2D eigenvalue weighted by Gasteiger charge is 2.34. The maximum absolute atomic E-state index is 14.0. The van der Waals surface area contributed by atoms with E-state index in [1.54, 1.807) is 40.9 Å². The Morgan fingerprint density at radius 1 is 1.02 bits per heavy atom. The number of halogens is 4. The fraction of sp³-hybridized carbons (Fsp3) is 0.276. The number of piperazine rings is 1. The van der Waals surface area contributed by atoms with Crippen LogP contribution in [0.4, 0.5) is 18.9 Å². The summed E-state index contributed by atoms with van der Waals surface area (Å²) in [5.74, 6) is 5.75. The predicted octanol–water partition coefficient (Wildman–Crippen LogP) is 5.11. The molecule has 3 heterocycles. The smallest absolute Gasteiger partial charge is 0.322 e. The van der Waals surface area contributed by atoms with E-state index in [4.69, 9.17) is 11.6 Å². The second kappa shape index (κ2) is 11.3. The number of amides is 1. The monoisotopic (exact) mass is 566 g/mol. The minimum atomic E-state index is -4.58. The number of fused-ring (bicyclic) bond motifs is 1. The lowest BCUT2D eigenvalue weighted by molar-refractivity contribution is -0.138. The first-order chi connectivity index (χ1) is 19.1. The SMILES string of the molecule is Cc1ccc(NC(=O)c2ccc(CN3CCN(C)CC3)c(C(F)(F)F)c2)cc1C#Cc1nnc2ccc(Cl)cn12. The van der Waals surface area contributed by atoms with E-state index in [-0.39, 0.29) is 17.7 Å². The van der Waals surface area contributed by atoms with E-state index in [0.717, 1.165) is 24.7 Å². The molecule has 0 bridgehead atoms. The van der Waals surface area contributed by atoms with Crippen molar-refractivity contribution in [1.29, 1.82) is 0 Å². The molecule has 1 amide bonds. The highest BCUT2D eigenvalue weighted by molar-refractivity contribution is 6.30. The summed E-state index contributed by atoms with van der Waals surface area (Å²) in [6.07, 6.45) is -2.92. The molecule has 2 aromatic heterocycles. The number of nitrogens with zero attached hydrogens (tertiary/aromatic N) is 5. The van der Waals surface area contributed by atoms with Gasteiger partial charge in [0.1, 0.15) is 0 Å². The van der Waals surface area contributed by atoms with Gasteiger partial charge in [0.25, 0.3) is 5.91 Å². The molecule has 1 aliphatic heterocycles. The number of aryl methyl sites for hydroxylation is 1. The molecule has 11 heteroatoms. The number of nitrogens with one attached hydrogen (secondary N) is 1. The van der Waals surface area contributed by atoms with Crippen molar-refractivity contribution in [3.05, 3.63) is 93.4 Å². The molecule has 1 fully saturated rings. The summed E-state index contributed by atoms with van der Waals surface area (Å²) in [6, 6.07) is 12.3. The number of carbonyl (C=O) groups is 1. The van der Waals surface area contributed by atoms with Crippen molar-refractivity contribution in [2.75, 3.05) is 38.5 Å². The number of pyridine rings is 1. The van der Waals surface area contributed by atoms with Crippen LogP contribution in [0.15, 0.2) is 54.7 Å². The van der Waals surface area contributed by atoms with Gasteiger partial charge in [0.15, 0.2) is 5.65 Å². The Kier molecular flexibility index (Phi) is 7.81. The minimum Gasteiger partial charge on any atom is -0.322 e. The van der Waals surface area contributed by atoms with Gasteiger partial charge in [0, 0.05) is 55.7 Å². The third-order valence-electron chi connectivity index (χ3n) is 6.84. The fourth-order valence-corrected chi connectivity index (χ4v) is 4.64. The molecule has 40 heavy (non-hydrogen) atoms. The standard InChI is InChI=1S/C29H26ClF3N6O/c1-19-3-8-24(15-20(19)6-9-26-35-36-27-10-7-23(30)18-39(26)27)34-28(40)21-4-5-22(25(16-21)29(31,32)33)17-38-13-11-37(2)12-14-38/h3-5,7-8,10,15-16,18H,11-14,17H2,1-2H3,(H,34,40). The average Bonchev–Trinajstić information content (AvgIpc) is 3.31. The first-order valence-corrected chi connectivity index (χ1v) is 13.0. The number of benzene rings is 2. The van der Waals surface area contributed by atoms with Crippen LogP contribution in [0.2, 0.25) is 5.02 Å². The van der Waals surface area contributed by atoms with Gasteiger partial charge in [-0.05, 0) is 67.4 Å². The molecule has 0 atom stereocenters. The Balaban J connectivity index is 1.35. The molecule has 0 saturated carbocycles. The van der Waals surface area contributed by atoms with Crippen LogP contribution in [0.5, 0.6) is 0 Å². The van der Waals surface area contributed by atoms with E-state index >= 15 is 0 Å². The van der Waals surface area contributed by atoms with Gasteiger partial charge in [0.05, 0.1) is 10.6 Å². The Morgan fingerprint density at radius 3 is 2.55 bits per heavy atom. The van der Waals surface area contributed by atoms with Gasteiger partial charge >= 0.3 is 6.18 Å². The normalized spacial score (nSPS) is 14.7. The lowest BCUT2D eigenvalue weighted by Crippen LogP contribution is -2.44. The zero-order chi connectivity index (χ0) is 28.4. The molecule has 1 saturated heterocycles. The maximum Gasteiger partial charge on any atom is 0.416 e. The number of hydrogen-bond donors (Lipinski definition) is 1. The molecule has 0 unspecified atom stereocenters. The van der Waals surface area contributed by atoms with Crippen LogP contribution in [0.25, 0.3) is 5.65 Å². The summed E-state index contributed by atoms with van der Waals surface area (Å²) in [5.41, 5.74) is 1.76. The molecule has 7 nitrogen and oxygen atoms in total. The maximum atomic E-state index is 14.0. The number of likely N-dealkylation sites (N-methyl/N-ethyl adjacent to an activating group) is 1. The van der Waals surface area contributed by atoms with Crippen molar-refractivity contribution in [2.45, 2.75) is 19.6 Å². The summed E-state index contributed by atoms with van der Waals surface area (Å²) >= 11 is 6.07. The molecular formula is C29H26ClF3N6O. The minimum absolute atomic E-state index is 0.0746. The van der Waals surface area contributed by atoms with Crippen LogP contribution in [0.1, 0.15) is 38.4 Å². The van der Waals surface area contributed by atoms with Crippen molar-refractivity contribution in [3.63, 3.8) is 0 Å². The van der Waals surface area contributed by atoms with E-state index in [9.17, 15) is 18.0 Å². The Labute approximate surface area is 234 Å². The van der Waals surface area contributed by atoms with Crippen molar-refractivity contribution in [1.82, 2.24) is 24.4 Å². The third-order valence-corrected chi connectivity index (χ3v) is 7.06. The van der Waals surface area contributed by atoms with E-state index in [2.05, 4.69) is 32.3 Å². The van der Waals surface area contributed by atoms with Crippen LogP contribution in [-0.2, 0) is 12.7 Å². The van der Waals surface area contributed by atoms with Gasteiger partial charge in [-0.2, -0.15) is 13.2 Å². The summed E-state index contributed by atoms with van der Waals surface area (Å²) in [4.78, 5) is 17.1. The molecule has 2 aromatic carbocycles.